The Bertz CT molecular complexity index is 648. The molecule has 2 aromatic carbocycles. The molecule has 0 saturated heterocycles. The first-order valence-electron chi connectivity index (χ1n) is 6.65. The second-order valence-corrected chi connectivity index (χ2v) is 8.85. The van der Waals surface area contributed by atoms with Crippen molar-refractivity contribution in [3.8, 4) is 0 Å². The Hall–Kier alpha value is -0.710. The van der Waals surface area contributed by atoms with Crippen LogP contribution in [-0.4, -0.2) is 8.96 Å². The van der Waals surface area contributed by atoms with Crippen molar-refractivity contribution >= 4 is 37.7 Å². The molecule has 108 valence electrons. The number of fused-ring (bicyclic) bond motifs is 1. The average molecular weight is 354 g/mol. The van der Waals surface area contributed by atoms with E-state index in [9.17, 15) is 4.21 Å². The molecule has 0 saturated carbocycles. The van der Waals surface area contributed by atoms with E-state index >= 15 is 0 Å². The molecular weight excluding hydrogens is 334 g/mol. The summed E-state index contributed by atoms with van der Waals surface area (Å²) in [6.07, 6.45) is 0. The lowest BCUT2D eigenvalue weighted by molar-refractivity contribution is 0.617. The molecule has 20 heavy (non-hydrogen) atoms. The number of benzene rings is 2. The average Bonchev–Trinajstić information content (AvgIpc) is 2.36. The topological polar surface area (TPSA) is 29.1 Å². The minimum atomic E-state index is -1.08. The maximum atomic E-state index is 12.3. The van der Waals surface area contributed by atoms with Crippen LogP contribution in [0.4, 0.5) is 0 Å². The molecule has 0 bridgehead atoms. The minimum Gasteiger partial charge on any atom is -0.242 e. The van der Waals surface area contributed by atoms with Crippen LogP contribution in [0.2, 0.25) is 0 Å². The van der Waals surface area contributed by atoms with Crippen molar-refractivity contribution in [2.24, 2.45) is 0 Å². The SMILES string of the molecule is CC(NS(=O)C(C)(C)C)c1cc(Br)cc2ccccc12. The fourth-order valence-corrected chi connectivity index (χ4v) is 3.36. The fraction of sp³-hybridized carbons (Fsp3) is 0.375. The smallest absolute Gasteiger partial charge is 0.0975 e. The molecule has 0 heterocycles. The molecule has 0 aromatic heterocycles. The quantitative estimate of drug-likeness (QED) is 0.849. The predicted molar refractivity (Wildman–Crippen MR) is 91.1 cm³/mol. The van der Waals surface area contributed by atoms with Crippen LogP contribution in [0.3, 0.4) is 0 Å². The van der Waals surface area contributed by atoms with Crippen LogP contribution in [0.15, 0.2) is 40.9 Å². The van der Waals surface area contributed by atoms with Gasteiger partial charge in [-0.15, -0.1) is 0 Å². The van der Waals surface area contributed by atoms with Crippen molar-refractivity contribution in [3.05, 3.63) is 46.4 Å². The number of nitrogens with one attached hydrogen (secondary N) is 1. The highest BCUT2D eigenvalue weighted by molar-refractivity contribution is 9.10. The first-order chi connectivity index (χ1) is 9.29. The molecule has 2 nitrogen and oxygen atoms in total. The summed E-state index contributed by atoms with van der Waals surface area (Å²) in [5.74, 6) is 0. The molecule has 2 rings (SSSR count). The summed E-state index contributed by atoms with van der Waals surface area (Å²) in [6.45, 7) is 7.98. The molecule has 0 spiro atoms. The molecule has 0 fully saturated rings. The van der Waals surface area contributed by atoms with Crippen LogP contribution in [0.25, 0.3) is 10.8 Å². The Morgan fingerprint density at radius 3 is 2.50 bits per heavy atom. The van der Waals surface area contributed by atoms with E-state index in [4.69, 9.17) is 0 Å². The number of rotatable bonds is 3. The van der Waals surface area contributed by atoms with Crippen LogP contribution in [0, 0.1) is 0 Å². The lowest BCUT2D eigenvalue weighted by Gasteiger charge is -2.23. The monoisotopic (exact) mass is 353 g/mol. The summed E-state index contributed by atoms with van der Waals surface area (Å²) in [5, 5.41) is 2.38. The molecule has 4 heteroatoms. The third kappa shape index (κ3) is 3.48. The van der Waals surface area contributed by atoms with E-state index in [-0.39, 0.29) is 10.8 Å². The Morgan fingerprint density at radius 2 is 1.85 bits per heavy atom. The van der Waals surface area contributed by atoms with Crippen molar-refractivity contribution in [1.29, 1.82) is 0 Å². The van der Waals surface area contributed by atoms with Gasteiger partial charge >= 0.3 is 0 Å². The van der Waals surface area contributed by atoms with Gasteiger partial charge in [0, 0.05) is 10.5 Å². The lowest BCUT2D eigenvalue weighted by atomic mass is 10.0. The van der Waals surface area contributed by atoms with Crippen molar-refractivity contribution in [2.45, 2.75) is 38.5 Å². The molecule has 2 atom stereocenters. The first kappa shape index (κ1) is 15.7. The highest BCUT2D eigenvalue weighted by Gasteiger charge is 2.22. The normalized spacial score (nSPS) is 15.2. The molecule has 0 aliphatic heterocycles. The highest BCUT2D eigenvalue weighted by Crippen LogP contribution is 2.29. The van der Waals surface area contributed by atoms with Gasteiger partial charge in [-0.3, -0.25) is 0 Å². The van der Waals surface area contributed by atoms with Crippen LogP contribution in [0.5, 0.6) is 0 Å². The van der Waals surface area contributed by atoms with Gasteiger partial charge in [0.2, 0.25) is 0 Å². The maximum Gasteiger partial charge on any atom is 0.0975 e. The third-order valence-corrected chi connectivity index (χ3v) is 5.30. The minimum absolute atomic E-state index is 0.0254. The number of hydrogen-bond donors (Lipinski definition) is 1. The van der Waals surface area contributed by atoms with Gasteiger partial charge in [-0.2, -0.15) is 0 Å². The van der Waals surface area contributed by atoms with Crippen molar-refractivity contribution in [2.75, 3.05) is 0 Å². The van der Waals surface area contributed by atoms with Crippen LogP contribution in [-0.2, 0) is 11.0 Å². The van der Waals surface area contributed by atoms with Gasteiger partial charge in [-0.25, -0.2) is 8.93 Å². The van der Waals surface area contributed by atoms with E-state index in [2.05, 4.69) is 51.8 Å². The zero-order chi connectivity index (χ0) is 14.9. The zero-order valence-corrected chi connectivity index (χ0v) is 14.6. The van der Waals surface area contributed by atoms with Gasteiger partial charge in [-0.05, 0) is 56.2 Å². The van der Waals surface area contributed by atoms with E-state index in [1.165, 1.54) is 10.8 Å². The Labute approximate surface area is 131 Å². The lowest BCUT2D eigenvalue weighted by Crippen LogP contribution is -2.34. The van der Waals surface area contributed by atoms with Gasteiger partial charge in [-0.1, -0.05) is 40.2 Å². The molecule has 0 aliphatic carbocycles. The number of hydrogen-bond acceptors (Lipinski definition) is 1. The van der Waals surface area contributed by atoms with Gasteiger partial charge in [0.15, 0.2) is 0 Å². The van der Waals surface area contributed by atoms with Gasteiger partial charge in [0.05, 0.1) is 15.7 Å². The molecule has 2 unspecified atom stereocenters. The molecule has 2 aromatic rings. The summed E-state index contributed by atoms with van der Waals surface area (Å²) in [4.78, 5) is 0. The second kappa shape index (κ2) is 5.96. The fourth-order valence-electron chi connectivity index (χ4n) is 2.06. The maximum absolute atomic E-state index is 12.3. The predicted octanol–water partition coefficient (Wildman–Crippen LogP) is 4.72. The van der Waals surface area contributed by atoms with Crippen LogP contribution >= 0.6 is 15.9 Å². The first-order valence-corrected chi connectivity index (χ1v) is 8.59. The molecule has 0 aliphatic rings. The summed E-state index contributed by atoms with van der Waals surface area (Å²) in [5.41, 5.74) is 1.16. The van der Waals surface area contributed by atoms with E-state index in [0.717, 1.165) is 10.0 Å². The number of halogens is 1. The van der Waals surface area contributed by atoms with Crippen molar-refractivity contribution in [3.63, 3.8) is 0 Å². The summed E-state index contributed by atoms with van der Waals surface area (Å²) in [7, 11) is -1.08. The Kier molecular flexibility index (Phi) is 4.67. The van der Waals surface area contributed by atoms with Crippen molar-refractivity contribution in [1.82, 2.24) is 4.72 Å². The molecular formula is C16H20BrNOS. The summed E-state index contributed by atoms with van der Waals surface area (Å²) < 4.78 is 16.2. The molecule has 1 N–H and O–H groups in total. The third-order valence-electron chi connectivity index (χ3n) is 3.17. The summed E-state index contributed by atoms with van der Waals surface area (Å²) in [6, 6.07) is 12.5. The Balaban J connectivity index is 2.39. The van der Waals surface area contributed by atoms with Crippen LogP contribution in [0.1, 0.15) is 39.3 Å². The zero-order valence-electron chi connectivity index (χ0n) is 12.2. The Morgan fingerprint density at radius 1 is 1.20 bits per heavy atom. The standard InChI is InChI=1S/C16H20BrNOS/c1-11(18-20(19)16(2,3)4)15-10-13(17)9-12-7-5-6-8-14(12)15/h5-11,18H,1-4H3. The van der Waals surface area contributed by atoms with E-state index in [1.807, 2.05) is 32.9 Å². The largest absolute Gasteiger partial charge is 0.242 e. The molecule has 0 amide bonds. The van der Waals surface area contributed by atoms with Crippen molar-refractivity contribution < 1.29 is 4.21 Å². The highest BCUT2D eigenvalue weighted by atomic mass is 79.9. The second-order valence-electron chi connectivity index (χ2n) is 5.94. The van der Waals surface area contributed by atoms with Crippen LogP contribution < -0.4 is 4.72 Å². The van der Waals surface area contributed by atoms with Gasteiger partial charge in [0.25, 0.3) is 0 Å². The van der Waals surface area contributed by atoms with E-state index in [1.54, 1.807) is 0 Å². The van der Waals surface area contributed by atoms with Gasteiger partial charge < -0.3 is 0 Å². The van der Waals surface area contributed by atoms with E-state index < -0.39 is 11.0 Å². The summed E-state index contributed by atoms with van der Waals surface area (Å²) >= 11 is 3.55. The molecule has 0 radical (unpaired) electrons. The van der Waals surface area contributed by atoms with Gasteiger partial charge in [0.1, 0.15) is 0 Å². The van der Waals surface area contributed by atoms with E-state index in [0.29, 0.717) is 0 Å².